The second kappa shape index (κ2) is 4.88. The van der Waals surface area contributed by atoms with E-state index in [1.807, 2.05) is 0 Å². The normalized spacial score (nSPS) is 31.2. The number of aryl methyl sites for hydroxylation is 2. The zero-order valence-corrected chi connectivity index (χ0v) is 15.9. The predicted molar refractivity (Wildman–Crippen MR) is 103 cm³/mol. The van der Waals surface area contributed by atoms with Gasteiger partial charge < -0.3 is 4.90 Å². The molecule has 24 heavy (non-hydrogen) atoms. The maximum atomic E-state index is 2.74. The van der Waals surface area contributed by atoms with Gasteiger partial charge in [-0.15, -0.1) is 0 Å². The van der Waals surface area contributed by atoms with Crippen LogP contribution in [0.25, 0.3) is 0 Å². The minimum absolute atomic E-state index is 0.0960. The molecule has 1 aliphatic carbocycles. The Bertz CT molecular complexity index is 821. The lowest BCUT2D eigenvalue weighted by atomic mass is 9.56. The molecule has 1 saturated heterocycles. The molecule has 3 aliphatic rings. The van der Waals surface area contributed by atoms with E-state index in [4.69, 9.17) is 0 Å². The monoisotopic (exact) mass is 319 g/mol. The SMILES string of the molecule is Cc1cc(C)c(C)c(N2[C@@H](C)C3(C)CCC2(C)c2ccccc23)c1. The van der Waals surface area contributed by atoms with Gasteiger partial charge in [-0.3, -0.25) is 0 Å². The average molecular weight is 319 g/mol. The van der Waals surface area contributed by atoms with Crippen molar-refractivity contribution in [3.8, 4) is 0 Å². The molecule has 1 nitrogen and oxygen atoms in total. The average Bonchev–Trinajstić information content (AvgIpc) is 2.55. The lowest BCUT2D eigenvalue weighted by Crippen LogP contribution is -2.65. The molecule has 126 valence electrons. The predicted octanol–water partition coefficient (Wildman–Crippen LogP) is 5.79. The molecule has 5 rings (SSSR count). The molecular formula is C23H29N. The molecule has 0 amide bonds. The molecule has 2 aromatic rings. The van der Waals surface area contributed by atoms with Crippen molar-refractivity contribution in [3.05, 3.63) is 64.2 Å². The van der Waals surface area contributed by atoms with E-state index in [1.54, 1.807) is 5.56 Å². The van der Waals surface area contributed by atoms with Crippen molar-refractivity contribution in [3.63, 3.8) is 0 Å². The van der Waals surface area contributed by atoms with E-state index in [9.17, 15) is 0 Å². The van der Waals surface area contributed by atoms with Crippen LogP contribution in [0.5, 0.6) is 0 Å². The standard InChI is InChI=1S/C23H29N/c1-15-13-16(2)17(3)21(14-15)24-18(4)22(5)11-12-23(24,6)20-10-8-7-9-19(20)22/h7-10,13-14,18H,11-12H2,1-6H3/t18-,22?,23?/m0/s1. The fourth-order valence-electron chi connectivity index (χ4n) is 5.36. The molecular weight excluding hydrogens is 290 g/mol. The van der Waals surface area contributed by atoms with Crippen LogP contribution >= 0.6 is 0 Å². The minimum Gasteiger partial charge on any atom is -0.358 e. The summed E-state index contributed by atoms with van der Waals surface area (Å²) in [6, 6.07) is 14.4. The van der Waals surface area contributed by atoms with Crippen molar-refractivity contribution < 1.29 is 0 Å². The first kappa shape index (κ1) is 15.7. The number of rotatable bonds is 1. The van der Waals surface area contributed by atoms with Crippen LogP contribution < -0.4 is 4.90 Å². The number of nitrogens with zero attached hydrogens (tertiary/aromatic N) is 1. The molecule has 3 atom stereocenters. The van der Waals surface area contributed by atoms with Crippen molar-refractivity contribution in [1.82, 2.24) is 0 Å². The van der Waals surface area contributed by atoms with Crippen LogP contribution in [0.1, 0.15) is 61.4 Å². The third kappa shape index (κ3) is 1.82. The van der Waals surface area contributed by atoms with Crippen LogP contribution in [0.4, 0.5) is 5.69 Å². The maximum absolute atomic E-state index is 2.74. The number of hydrogen-bond acceptors (Lipinski definition) is 1. The highest BCUT2D eigenvalue weighted by atomic mass is 15.3. The topological polar surface area (TPSA) is 3.24 Å². The fourth-order valence-corrected chi connectivity index (χ4v) is 5.36. The Balaban J connectivity index is 2.00. The van der Waals surface area contributed by atoms with Crippen LogP contribution in [-0.2, 0) is 11.0 Å². The smallest absolute Gasteiger partial charge is 0.0632 e. The minimum atomic E-state index is 0.0960. The Morgan fingerprint density at radius 2 is 1.62 bits per heavy atom. The second-order valence-electron chi connectivity index (χ2n) is 8.51. The van der Waals surface area contributed by atoms with Gasteiger partial charge in [0.05, 0.1) is 5.54 Å². The van der Waals surface area contributed by atoms with E-state index in [1.165, 1.54) is 40.8 Å². The summed E-state index contributed by atoms with van der Waals surface area (Å²) in [6.07, 6.45) is 2.51. The van der Waals surface area contributed by atoms with Gasteiger partial charge in [0, 0.05) is 17.1 Å². The zero-order valence-electron chi connectivity index (χ0n) is 15.9. The number of benzene rings is 2. The van der Waals surface area contributed by atoms with E-state index >= 15 is 0 Å². The van der Waals surface area contributed by atoms with E-state index in [0.717, 1.165) is 0 Å². The number of fused-ring (bicyclic) bond motifs is 2. The van der Waals surface area contributed by atoms with Gasteiger partial charge in [0.25, 0.3) is 0 Å². The lowest BCUT2D eigenvalue weighted by molar-refractivity contribution is 0.166. The van der Waals surface area contributed by atoms with Gasteiger partial charge in [-0.2, -0.15) is 0 Å². The summed E-state index contributed by atoms with van der Waals surface area (Å²) in [6.45, 7) is 14.1. The first-order valence-electron chi connectivity index (χ1n) is 9.26. The number of hydrogen-bond donors (Lipinski definition) is 0. The Morgan fingerprint density at radius 1 is 0.958 bits per heavy atom. The molecule has 0 N–H and O–H groups in total. The molecule has 1 heteroatoms. The van der Waals surface area contributed by atoms with Crippen molar-refractivity contribution in [2.75, 3.05) is 4.90 Å². The second-order valence-corrected chi connectivity index (χ2v) is 8.51. The van der Waals surface area contributed by atoms with Gasteiger partial charge in [0.15, 0.2) is 0 Å². The molecule has 0 radical (unpaired) electrons. The van der Waals surface area contributed by atoms with Gasteiger partial charge >= 0.3 is 0 Å². The summed E-state index contributed by atoms with van der Waals surface area (Å²) < 4.78 is 0. The molecule has 2 aromatic carbocycles. The van der Waals surface area contributed by atoms with E-state index < -0.39 is 0 Å². The Morgan fingerprint density at radius 3 is 2.33 bits per heavy atom. The molecule has 2 unspecified atom stereocenters. The summed E-state index contributed by atoms with van der Waals surface area (Å²) in [5.74, 6) is 0. The molecule has 0 spiro atoms. The Labute approximate surface area is 146 Å². The van der Waals surface area contributed by atoms with E-state index in [2.05, 4.69) is 82.8 Å². The largest absolute Gasteiger partial charge is 0.358 e. The first-order chi connectivity index (χ1) is 11.3. The lowest BCUT2D eigenvalue weighted by Gasteiger charge is -2.63. The van der Waals surface area contributed by atoms with Crippen LogP contribution in [0.15, 0.2) is 36.4 Å². The molecule has 0 aromatic heterocycles. The Kier molecular flexibility index (Phi) is 3.20. The van der Waals surface area contributed by atoms with E-state index in [0.29, 0.717) is 6.04 Å². The van der Waals surface area contributed by atoms with Gasteiger partial charge in [-0.05, 0) is 81.3 Å². The highest BCUT2D eigenvalue weighted by Crippen LogP contribution is 2.58. The zero-order chi connectivity index (χ0) is 17.3. The number of anilines is 1. The van der Waals surface area contributed by atoms with Crippen LogP contribution in [0, 0.1) is 20.8 Å². The quantitative estimate of drug-likeness (QED) is 0.643. The van der Waals surface area contributed by atoms with Gasteiger partial charge in [0.1, 0.15) is 0 Å². The summed E-state index contributed by atoms with van der Waals surface area (Å²) in [7, 11) is 0. The van der Waals surface area contributed by atoms with Gasteiger partial charge in [0.2, 0.25) is 0 Å². The summed E-state index contributed by atoms with van der Waals surface area (Å²) in [4.78, 5) is 2.74. The first-order valence-corrected chi connectivity index (χ1v) is 9.26. The highest BCUT2D eigenvalue weighted by Gasteiger charge is 2.56. The molecule has 1 fully saturated rings. The molecule has 2 aliphatic heterocycles. The summed E-state index contributed by atoms with van der Waals surface area (Å²) in [5.41, 5.74) is 9.08. The van der Waals surface area contributed by atoms with Crippen molar-refractivity contribution in [1.29, 1.82) is 0 Å². The van der Waals surface area contributed by atoms with Crippen LogP contribution in [-0.4, -0.2) is 6.04 Å². The summed E-state index contributed by atoms with van der Waals surface area (Å²) >= 11 is 0. The van der Waals surface area contributed by atoms with Crippen LogP contribution in [0.3, 0.4) is 0 Å². The number of piperidine rings is 1. The van der Waals surface area contributed by atoms with E-state index in [-0.39, 0.29) is 11.0 Å². The van der Waals surface area contributed by atoms with Crippen LogP contribution in [0.2, 0.25) is 0 Å². The maximum Gasteiger partial charge on any atom is 0.0632 e. The Hall–Kier alpha value is -1.76. The van der Waals surface area contributed by atoms with Crippen molar-refractivity contribution in [2.24, 2.45) is 0 Å². The third-order valence-corrected chi connectivity index (χ3v) is 7.14. The van der Waals surface area contributed by atoms with Crippen molar-refractivity contribution in [2.45, 2.75) is 71.4 Å². The molecule has 2 bridgehead atoms. The highest BCUT2D eigenvalue weighted by molar-refractivity contribution is 5.66. The van der Waals surface area contributed by atoms with Crippen molar-refractivity contribution >= 4 is 5.69 Å². The molecule has 2 heterocycles. The van der Waals surface area contributed by atoms with Gasteiger partial charge in [-0.1, -0.05) is 37.3 Å². The fraction of sp³-hybridized carbons (Fsp3) is 0.478. The van der Waals surface area contributed by atoms with Gasteiger partial charge in [-0.25, -0.2) is 0 Å². The third-order valence-electron chi connectivity index (χ3n) is 7.14. The molecule has 0 saturated carbocycles. The summed E-state index contributed by atoms with van der Waals surface area (Å²) in [5, 5.41) is 0.